The first-order valence-corrected chi connectivity index (χ1v) is 5.78. The van der Waals surface area contributed by atoms with Crippen LogP contribution in [0.5, 0.6) is 0 Å². The number of carbonyl (C=O) groups excluding carboxylic acids is 1. The van der Waals surface area contributed by atoms with E-state index in [0.29, 0.717) is 17.9 Å². The first-order chi connectivity index (χ1) is 7.19. The molecule has 1 aliphatic heterocycles. The molecule has 86 valence electrons. The second-order valence-corrected chi connectivity index (χ2v) is 5.06. The Kier molecular flexibility index (Phi) is 2.98. The third kappa shape index (κ3) is 2.01. The minimum atomic E-state index is 0.0688. The zero-order chi connectivity index (χ0) is 10.9. The highest BCUT2D eigenvalue weighted by molar-refractivity contribution is 5.78. The fraction of sp³-hybridized carbons (Fsp3) is 0.909. The van der Waals surface area contributed by atoms with Gasteiger partial charge in [-0.05, 0) is 37.0 Å². The molecular weight excluding hydrogens is 192 g/mol. The van der Waals surface area contributed by atoms with Gasteiger partial charge in [-0.15, -0.1) is 0 Å². The van der Waals surface area contributed by atoms with Crippen LogP contribution < -0.4 is 5.73 Å². The van der Waals surface area contributed by atoms with Crippen molar-refractivity contribution in [1.29, 1.82) is 0 Å². The molecular formula is C11H20N2O2. The van der Waals surface area contributed by atoms with Crippen molar-refractivity contribution in [3.8, 4) is 0 Å². The summed E-state index contributed by atoms with van der Waals surface area (Å²) in [5, 5.41) is 9.13. The standard InChI is InChI=1S/C11H20N2O2/c12-6-10(15)13-4-3-11(8-13)2-1-9(5-11)7-14/h9,14H,1-8,12H2. The highest BCUT2D eigenvalue weighted by atomic mass is 16.3. The molecule has 3 N–H and O–H groups in total. The molecule has 1 saturated heterocycles. The van der Waals surface area contributed by atoms with Crippen molar-refractivity contribution in [2.45, 2.75) is 25.7 Å². The van der Waals surface area contributed by atoms with Crippen LogP contribution in [0.25, 0.3) is 0 Å². The molecule has 2 rings (SSSR count). The smallest absolute Gasteiger partial charge is 0.236 e. The molecule has 0 radical (unpaired) electrons. The Morgan fingerprint density at radius 3 is 2.93 bits per heavy atom. The summed E-state index contributed by atoms with van der Waals surface area (Å²) in [6, 6.07) is 0. The van der Waals surface area contributed by atoms with Crippen molar-refractivity contribution in [2.75, 3.05) is 26.2 Å². The van der Waals surface area contributed by atoms with Gasteiger partial charge in [-0.3, -0.25) is 4.79 Å². The number of amides is 1. The second kappa shape index (κ2) is 4.10. The largest absolute Gasteiger partial charge is 0.396 e. The second-order valence-electron chi connectivity index (χ2n) is 5.06. The van der Waals surface area contributed by atoms with Crippen LogP contribution >= 0.6 is 0 Å². The summed E-state index contributed by atoms with van der Waals surface area (Å²) >= 11 is 0. The van der Waals surface area contributed by atoms with Gasteiger partial charge < -0.3 is 15.7 Å². The van der Waals surface area contributed by atoms with Gasteiger partial charge in [0.05, 0.1) is 6.54 Å². The molecule has 0 bridgehead atoms. The first kappa shape index (κ1) is 10.9. The van der Waals surface area contributed by atoms with Gasteiger partial charge in [0.25, 0.3) is 0 Å². The van der Waals surface area contributed by atoms with E-state index in [1.807, 2.05) is 4.90 Å². The number of likely N-dealkylation sites (tertiary alicyclic amines) is 1. The molecule has 2 atom stereocenters. The van der Waals surface area contributed by atoms with Gasteiger partial charge in [-0.1, -0.05) is 0 Å². The number of hydrogen-bond donors (Lipinski definition) is 2. The van der Waals surface area contributed by atoms with Gasteiger partial charge in [-0.2, -0.15) is 0 Å². The van der Waals surface area contributed by atoms with E-state index in [1.54, 1.807) is 0 Å². The number of hydrogen-bond acceptors (Lipinski definition) is 3. The number of rotatable bonds is 2. The van der Waals surface area contributed by atoms with E-state index in [4.69, 9.17) is 10.8 Å². The van der Waals surface area contributed by atoms with Gasteiger partial charge in [0, 0.05) is 19.7 Å². The van der Waals surface area contributed by atoms with E-state index < -0.39 is 0 Å². The topological polar surface area (TPSA) is 66.6 Å². The molecule has 0 aromatic carbocycles. The molecule has 2 fully saturated rings. The van der Waals surface area contributed by atoms with Crippen LogP contribution in [-0.2, 0) is 4.79 Å². The molecule has 4 heteroatoms. The van der Waals surface area contributed by atoms with E-state index in [1.165, 1.54) is 0 Å². The maximum absolute atomic E-state index is 11.5. The zero-order valence-corrected chi connectivity index (χ0v) is 9.11. The normalized spacial score (nSPS) is 35.3. The third-order valence-electron chi connectivity index (χ3n) is 4.03. The van der Waals surface area contributed by atoms with Crippen molar-refractivity contribution in [3.63, 3.8) is 0 Å². The Labute approximate surface area is 90.4 Å². The highest BCUT2D eigenvalue weighted by Crippen LogP contribution is 2.47. The molecule has 1 saturated carbocycles. The van der Waals surface area contributed by atoms with E-state index in [2.05, 4.69) is 0 Å². The molecule has 1 spiro atoms. The molecule has 4 nitrogen and oxygen atoms in total. The number of nitrogens with two attached hydrogens (primary N) is 1. The van der Waals surface area contributed by atoms with E-state index in [9.17, 15) is 4.79 Å². The molecule has 1 aliphatic carbocycles. The molecule has 0 aromatic heterocycles. The van der Waals surface area contributed by atoms with Crippen molar-refractivity contribution in [2.24, 2.45) is 17.1 Å². The van der Waals surface area contributed by atoms with Crippen LogP contribution in [0.3, 0.4) is 0 Å². The Morgan fingerprint density at radius 2 is 2.33 bits per heavy atom. The summed E-state index contributed by atoms with van der Waals surface area (Å²) in [4.78, 5) is 13.3. The first-order valence-electron chi connectivity index (χ1n) is 5.78. The summed E-state index contributed by atoms with van der Waals surface area (Å²) < 4.78 is 0. The SMILES string of the molecule is NCC(=O)N1CCC2(CCC(CO)C2)C1. The van der Waals surface area contributed by atoms with Gasteiger partial charge in [0.15, 0.2) is 0 Å². The van der Waals surface area contributed by atoms with Crippen molar-refractivity contribution >= 4 is 5.91 Å². The Balaban J connectivity index is 1.94. The predicted octanol–water partition coefficient (Wildman–Crippen LogP) is -0.0438. The maximum atomic E-state index is 11.5. The molecule has 1 amide bonds. The maximum Gasteiger partial charge on any atom is 0.236 e. The number of aliphatic hydroxyl groups excluding tert-OH is 1. The van der Waals surface area contributed by atoms with Crippen molar-refractivity contribution in [1.82, 2.24) is 4.90 Å². The molecule has 1 heterocycles. The molecule has 2 aliphatic rings. The summed E-state index contributed by atoms with van der Waals surface area (Å²) in [5.74, 6) is 0.525. The summed E-state index contributed by atoms with van der Waals surface area (Å²) in [6.45, 7) is 2.14. The lowest BCUT2D eigenvalue weighted by Gasteiger charge is -2.23. The Bertz CT molecular complexity index is 257. The van der Waals surface area contributed by atoms with Crippen molar-refractivity contribution in [3.05, 3.63) is 0 Å². The van der Waals surface area contributed by atoms with Crippen LogP contribution in [-0.4, -0.2) is 42.2 Å². The molecule has 15 heavy (non-hydrogen) atoms. The van der Waals surface area contributed by atoms with Crippen LogP contribution in [0.4, 0.5) is 0 Å². The summed E-state index contributed by atoms with van der Waals surface area (Å²) in [5.41, 5.74) is 5.67. The molecule has 2 unspecified atom stereocenters. The van der Waals surface area contributed by atoms with Crippen LogP contribution in [0.1, 0.15) is 25.7 Å². The summed E-state index contributed by atoms with van der Waals surface area (Å²) in [7, 11) is 0. The van der Waals surface area contributed by atoms with Gasteiger partial charge in [-0.25, -0.2) is 0 Å². The Hall–Kier alpha value is -0.610. The van der Waals surface area contributed by atoms with Gasteiger partial charge in [0.2, 0.25) is 5.91 Å². The van der Waals surface area contributed by atoms with Crippen LogP contribution in [0.2, 0.25) is 0 Å². The fourth-order valence-corrected chi connectivity index (χ4v) is 3.13. The third-order valence-corrected chi connectivity index (χ3v) is 4.03. The van der Waals surface area contributed by atoms with Crippen LogP contribution in [0.15, 0.2) is 0 Å². The Morgan fingerprint density at radius 1 is 1.53 bits per heavy atom. The van der Waals surface area contributed by atoms with Crippen molar-refractivity contribution < 1.29 is 9.90 Å². The average molecular weight is 212 g/mol. The number of carbonyl (C=O) groups is 1. The monoisotopic (exact) mass is 212 g/mol. The van der Waals surface area contributed by atoms with Gasteiger partial charge in [0.1, 0.15) is 0 Å². The highest BCUT2D eigenvalue weighted by Gasteiger charge is 2.44. The van der Waals surface area contributed by atoms with Crippen LogP contribution in [0, 0.1) is 11.3 Å². The van der Waals surface area contributed by atoms with E-state index >= 15 is 0 Å². The zero-order valence-electron chi connectivity index (χ0n) is 9.11. The fourth-order valence-electron chi connectivity index (χ4n) is 3.13. The average Bonchev–Trinajstić information content (AvgIpc) is 2.86. The van der Waals surface area contributed by atoms with Gasteiger partial charge >= 0.3 is 0 Å². The lowest BCUT2D eigenvalue weighted by molar-refractivity contribution is -0.129. The number of nitrogens with zero attached hydrogens (tertiary/aromatic N) is 1. The lowest BCUT2D eigenvalue weighted by Crippen LogP contribution is -2.35. The minimum Gasteiger partial charge on any atom is -0.396 e. The lowest BCUT2D eigenvalue weighted by atomic mass is 9.84. The van der Waals surface area contributed by atoms with E-state index in [0.717, 1.165) is 38.8 Å². The quantitative estimate of drug-likeness (QED) is 0.675. The predicted molar refractivity (Wildman–Crippen MR) is 57.1 cm³/mol. The van der Waals surface area contributed by atoms with E-state index in [-0.39, 0.29) is 12.5 Å². The molecule has 0 aromatic rings. The summed E-state index contributed by atoms with van der Waals surface area (Å²) in [6.07, 6.45) is 4.45. The minimum absolute atomic E-state index is 0.0688. The number of aliphatic hydroxyl groups is 1.